The van der Waals surface area contributed by atoms with Gasteiger partial charge in [-0.2, -0.15) is 0 Å². The van der Waals surface area contributed by atoms with Crippen LogP contribution in [0.5, 0.6) is 0 Å². The van der Waals surface area contributed by atoms with Gasteiger partial charge >= 0.3 is 0 Å². The molecular formula is C16H23NO2. The summed E-state index contributed by atoms with van der Waals surface area (Å²) in [7, 11) is 0. The van der Waals surface area contributed by atoms with Gasteiger partial charge in [0.05, 0.1) is 19.3 Å². The van der Waals surface area contributed by atoms with Crippen LogP contribution in [0.3, 0.4) is 0 Å². The Kier molecular flexibility index (Phi) is 4.72. The average Bonchev–Trinajstić information content (AvgIpc) is 2.42. The fourth-order valence-electron chi connectivity index (χ4n) is 2.38. The number of hydrogen-bond donors (Lipinski definition) is 0. The number of ketones is 1. The van der Waals surface area contributed by atoms with E-state index in [0.717, 1.165) is 31.7 Å². The molecule has 104 valence electrons. The first-order valence-corrected chi connectivity index (χ1v) is 7.04. The third-order valence-electron chi connectivity index (χ3n) is 3.87. The van der Waals surface area contributed by atoms with Gasteiger partial charge in [0.2, 0.25) is 0 Å². The minimum atomic E-state index is 0.208. The summed E-state index contributed by atoms with van der Waals surface area (Å²) >= 11 is 0. The van der Waals surface area contributed by atoms with Gasteiger partial charge in [-0.05, 0) is 37.5 Å². The number of aryl methyl sites for hydroxylation is 2. The van der Waals surface area contributed by atoms with E-state index < -0.39 is 0 Å². The molecule has 1 saturated heterocycles. The second-order valence-corrected chi connectivity index (χ2v) is 5.36. The maximum Gasteiger partial charge on any atom is 0.176 e. The molecule has 1 heterocycles. The summed E-state index contributed by atoms with van der Waals surface area (Å²) in [5.74, 6) is 0.208. The van der Waals surface area contributed by atoms with Crippen molar-refractivity contribution in [1.82, 2.24) is 4.90 Å². The van der Waals surface area contributed by atoms with Crippen LogP contribution < -0.4 is 0 Å². The Morgan fingerprint density at radius 1 is 1.37 bits per heavy atom. The third kappa shape index (κ3) is 3.64. The van der Waals surface area contributed by atoms with Crippen LogP contribution in [-0.2, 0) is 4.74 Å². The summed E-state index contributed by atoms with van der Waals surface area (Å²) in [4.78, 5) is 14.5. The number of carbonyl (C=O) groups excluding carboxylic acids is 1. The van der Waals surface area contributed by atoms with Crippen molar-refractivity contribution in [2.24, 2.45) is 0 Å². The molecule has 1 aromatic carbocycles. The first kappa shape index (κ1) is 14.2. The summed E-state index contributed by atoms with van der Waals surface area (Å²) in [6.45, 7) is 9.20. The fraction of sp³-hybridized carbons (Fsp3) is 0.562. The number of morpholine rings is 1. The highest BCUT2D eigenvalue weighted by molar-refractivity contribution is 5.97. The molecule has 2 rings (SSSR count). The first-order valence-electron chi connectivity index (χ1n) is 7.04. The molecule has 1 unspecified atom stereocenters. The smallest absolute Gasteiger partial charge is 0.176 e. The van der Waals surface area contributed by atoms with E-state index in [0.29, 0.717) is 6.54 Å². The van der Waals surface area contributed by atoms with E-state index in [1.807, 2.05) is 25.1 Å². The van der Waals surface area contributed by atoms with Crippen LogP contribution in [-0.4, -0.2) is 43.0 Å². The minimum Gasteiger partial charge on any atom is -0.376 e. The normalized spacial score (nSPS) is 20.5. The van der Waals surface area contributed by atoms with Crippen LogP contribution in [0.4, 0.5) is 0 Å². The standard InChI is InChI=1S/C16H23NO2/c1-4-15-10-17(7-8-19-15)11-16(18)14-6-5-12(2)13(3)9-14/h5-6,9,15H,4,7-8,10-11H2,1-3H3. The highest BCUT2D eigenvalue weighted by atomic mass is 16.5. The Hall–Kier alpha value is -1.19. The van der Waals surface area contributed by atoms with E-state index in [1.54, 1.807) is 0 Å². The number of nitrogens with zero attached hydrogens (tertiary/aromatic N) is 1. The lowest BCUT2D eigenvalue weighted by molar-refractivity contribution is -0.0271. The van der Waals surface area contributed by atoms with E-state index in [4.69, 9.17) is 4.74 Å². The van der Waals surface area contributed by atoms with Gasteiger partial charge in [-0.3, -0.25) is 9.69 Å². The molecule has 3 heteroatoms. The van der Waals surface area contributed by atoms with Crippen molar-refractivity contribution >= 4 is 5.78 Å². The van der Waals surface area contributed by atoms with Crippen molar-refractivity contribution in [3.63, 3.8) is 0 Å². The van der Waals surface area contributed by atoms with Gasteiger partial charge in [0.15, 0.2) is 5.78 Å². The lowest BCUT2D eigenvalue weighted by Gasteiger charge is -2.31. The van der Waals surface area contributed by atoms with Gasteiger partial charge in [-0.25, -0.2) is 0 Å². The summed E-state index contributed by atoms with van der Waals surface area (Å²) in [6, 6.07) is 5.95. The van der Waals surface area contributed by atoms with Crippen LogP contribution in [0.2, 0.25) is 0 Å². The van der Waals surface area contributed by atoms with Crippen LogP contribution in [0.15, 0.2) is 18.2 Å². The molecule has 1 fully saturated rings. The van der Waals surface area contributed by atoms with Crippen LogP contribution in [0.25, 0.3) is 0 Å². The van der Waals surface area contributed by atoms with Gasteiger partial charge in [0, 0.05) is 18.7 Å². The molecular weight excluding hydrogens is 238 g/mol. The largest absolute Gasteiger partial charge is 0.376 e. The number of hydrogen-bond acceptors (Lipinski definition) is 3. The quantitative estimate of drug-likeness (QED) is 0.780. The lowest BCUT2D eigenvalue weighted by atomic mass is 10.0. The van der Waals surface area contributed by atoms with E-state index in [-0.39, 0.29) is 11.9 Å². The zero-order valence-corrected chi connectivity index (χ0v) is 12.1. The van der Waals surface area contributed by atoms with Crippen molar-refractivity contribution < 1.29 is 9.53 Å². The Morgan fingerprint density at radius 3 is 2.84 bits per heavy atom. The summed E-state index contributed by atoms with van der Waals surface area (Å²) < 4.78 is 5.63. The molecule has 1 aliphatic rings. The van der Waals surface area contributed by atoms with Gasteiger partial charge < -0.3 is 4.74 Å². The zero-order chi connectivity index (χ0) is 13.8. The second kappa shape index (κ2) is 6.31. The Labute approximate surface area is 115 Å². The van der Waals surface area contributed by atoms with Crippen LogP contribution >= 0.6 is 0 Å². The van der Waals surface area contributed by atoms with E-state index in [9.17, 15) is 4.79 Å². The molecule has 19 heavy (non-hydrogen) atoms. The summed E-state index contributed by atoms with van der Waals surface area (Å²) in [5.41, 5.74) is 3.23. The maximum atomic E-state index is 12.3. The van der Waals surface area contributed by atoms with Crippen LogP contribution in [0, 0.1) is 13.8 Å². The number of benzene rings is 1. The monoisotopic (exact) mass is 261 g/mol. The van der Waals surface area contributed by atoms with Crippen molar-refractivity contribution in [3.05, 3.63) is 34.9 Å². The molecule has 0 bridgehead atoms. The highest BCUT2D eigenvalue weighted by Gasteiger charge is 2.21. The molecule has 3 nitrogen and oxygen atoms in total. The number of carbonyl (C=O) groups is 1. The Morgan fingerprint density at radius 2 is 2.16 bits per heavy atom. The predicted octanol–water partition coefficient (Wildman–Crippen LogP) is 2.60. The predicted molar refractivity (Wildman–Crippen MR) is 76.7 cm³/mol. The molecule has 1 atom stereocenters. The van der Waals surface area contributed by atoms with Crippen molar-refractivity contribution in [3.8, 4) is 0 Å². The van der Waals surface area contributed by atoms with Crippen molar-refractivity contribution in [2.75, 3.05) is 26.2 Å². The molecule has 0 aliphatic carbocycles. The SMILES string of the molecule is CCC1CN(CC(=O)c2ccc(C)c(C)c2)CCO1. The zero-order valence-electron chi connectivity index (χ0n) is 12.1. The molecule has 1 aromatic rings. The number of ether oxygens (including phenoxy) is 1. The Bertz CT molecular complexity index is 456. The Balaban J connectivity index is 1.98. The van der Waals surface area contributed by atoms with Crippen molar-refractivity contribution in [1.29, 1.82) is 0 Å². The first-order chi connectivity index (χ1) is 9.10. The third-order valence-corrected chi connectivity index (χ3v) is 3.87. The molecule has 0 N–H and O–H groups in total. The number of rotatable bonds is 4. The molecule has 1 aliphatic heterocycles. The van der Waals surface area contributed by atoms with Gasteiger partial charge in [-0.15, -0.1) is 0 Å². The second-order valence-electron chi connectivity index (χ2n) is 5.36. The highest BCUT2D eigenvalue weighted by Crippen LogP contribution is 2.13. The van der Waals surface area contributed by atoms with E-state index in [1.165, 1.54) is 11.1 Å². The fourth-order valence-corrected chi connectivity index (χ4v) is 2.38. The van der Waals surface area contributed by atoms with E-state index in [2.05, 4.69) is 18.7 Å². The summed E-state index contributed by atoms with van der Waals surface area (Å²) in [5, 5.41) is 0. The molecule has 0 amide bonds. The molecule has 0 saturated carbocycles. The minimum absolute atomic E-state index is 0.208. The topological polar surface area (TPSA) is 29.5 Å². The van der Waals surface area contributed by atoms with Gasteiger partial charge in [0.1, 0.15) is 0 Å². The molecule has 0 spiro atoms. The number of Topliss-reactive ketones (excluding diaryl/α,β-unsaturated/α-hetero) is 1. The maximum absolute atomic E-state index is 12.3. The van der Waals surface area contributed by atoms with Gasteiger partial charge in [0.25, 0.3) is 0 Å². The summed E-state index contributed by atoms with van der Waals surface area (Å²) in [6.07, 6.45) is 1.29. The van der Waals surface area contributed by atoms with E-state index >= 15 is 0 Å². The van der Waals surface area contributed by atoms with Crippen molar-refractivity contribution in [2.45, 2.75) is 33.3 Å². The van der Waals surface area contributed by atoms with Gasteiger partial charge in [-0.1, -0.05) is 19.1 Å². The molecule has 0 aromatic heterocycles. The van der Waals surface area contributed by atoms with Crippen LogP contribution in [0.1, 0.15) is 34.8 Å². The average molecular weight is 261 g/mol. The molecule has 0 radical (unpaired) electrons. The lowest BCUT2D eigenvalue weighted by Crippen LogP contribution is -2.44.